The lowest BCUT2D eigenvalue weighted by atomic mass is 10.2. The number of aliphatic carboxylic acids is 2. The molecule has 1 saturated heterocycles. The van der Waals surface area contributed by atoms with Gasteiger partial charge in [0.05, 0.1) is 19.3 Å². The third-order valence-corrected chi connectivity index (χ3v) is 18.6. The van der Waals surface area contributed by atoms with Gasteiger partial charge >= 0.3 is 23.9 Å². The van der Waals surface area contributed by atoms with Crippen LogP contribution in [-0.4, -0.2) is 132 Å². The van der Waals surface area contributed by atoms with Crippen molar-refractivity contribution in [3.05, 3.63) is 36.5 Å². The Balaban J connectivity index is -0.00000106. The highest BCUT2D eigenvalue weighted by atomic mass is 28.4. The maximum Gasteiger partial charge on any atom is 0.341 e. The minimum Gasteiger partial charge on any atom is -0.478 e. The van der Waals surface area contributed by atoms with Gasteiger partial charge in [0.15, 0.2) is 25.0 Å². The molecule has 0 aromatic rings. The SMILES string of the molecule is C=C(CC(=O)NCCC[Si](C)(C)OC(C)(C)O[Si](C)(C)CCCNC(=O)CC(=C)C(=O)O)C(=O)O.C=C1CC(=O)OC1=O.CCNC[Si](C)(C)OC(C)(C)O[Si](C)(C)CCCN.[B]. The van der Waals surface area contributed by atoms with Crippen molar-refractivity contribution in [3.8, 4) is 0 Å². The summed E-state index contributed by atoms with van der Waals surface area (Å²) in [5.41, 5.74) is 5.55. The molecule has 1 heterocycles. The van der Waals surface area contributed by atoms with E-state index >= 15 is 0 Å². The van der Waals surface area contributed by atoms with Crippen LogP contribution in [0.3, 0.4) is 0 Å². The normalized spacial score (nSPS) is 13.3. The second kappa shape index (κ2) is 29.5. The molecular formula is C41H80BN4O13Si4. The number of hydrogen-bond acceptors (Lipinski definition) is 13. The molecule has 0 bridgehead atoms. The molecule has 0 unspecified atom stereocenters. The van der Waals surface area contributed by atoms with E-state index < -0.39 is 68.7 Å². The van der Waals surface area contributed by atoms with Crippen molar-refractivity contribution in [1.29, 1.82) is 0 Å². The van der Waals surface area contributed by atoms with E-state index in [1.165, 1.54) is 0 Å². The molecule has 7 N–H and O–H groups in total. The highest BCUT2D eigenvalue weighted by molar-refractivity contribution is 6.73. The zero-order chi connectivity index (χ0) is 48.8. The van der Waals surface area contributed by atoms with Crippen LogP contribution in [0.15, 0.2) is 36.5 Å². The van der Waals surface area contributed by atoms with Gasteiger partial charge in [0.2, 0.25) is 20.1 Å². The van der Waals surface area contributed by atoms with Gasteiger partial charge in [-0.1, -0.05) is 26.7 Å². The Hall–Kier alpha value is -3.07. The van der Waals surface area contributed by atoms with Crippen LogP contribution in [0, 0.1) is 0 Å². The predicted molar refractivity (Wildman–Crippen MR) is 258 cm³/mol. The predicted octanol–water partition coefficient (Wildman–Crippen LogP) is 5.54. The zero-order valence-corrected chi connectivity index (χ0v) is 44.6. The number of carbonyl (C=O) groups excluding carboxylic acids is 4. The van der Waals surface area contributed by atoms with Gasteiger partial charge in [0.25, 0.3) is 0 Å². The molecule has 0 aromatic heterocycles. The molecule has 1 aliphatic rings. The molecule has 22 heteroatoms. The van der Waals surface area contributed by atoms with Gasteiger partial charge in [-0.15, -0.1) is 0 Å². The first kappa shape index (κ1) is 64.2. The molecule has 1 aliphatic heterocycles. The zero-order valence-electron chi connectivity index (χ0n) is 40.6. The monoisotopic (exact) mass is 959 g/mol. The van der Waals surface area contributed by atoms with E-state index in [2.05, 4.69) is 99.7 Å². The van der Waals surface area contributed by atoms with Gasteiger partial charge in [0.1, 0.15) is 11.6 Å². The van der Waals surface area contributed by atoms with Crippen LogP contribution >= 0.6 is 0 Å². The van der Waals surface area contributed by atoms with Gasteiger partial charge in [-0.25, -0.2) is 14.4 Å². The second-order valence-electron chi connectivity index (χ2n) is 18.5. The lowest BCUT2D eigenvalue weighted by Gasteiger charge is -2.40. The molecule has 0 spiro atoms. The fourth-order valence-electron chi connectivity index (χ4n) is 6.45. The lowest BCUT2D eigenvalue weighted by molar-refractivity contribution is -0.151. The van der Waals surface area contributed by atoms with Gasteiger partial charge in [0, 0.05) is 44.4 Å². The van der Waals surface area contributed by atoms with Gasteiger partial charge in [-0.3, -0.25) is 14.4 Å². The number of carbonyl (C=O) groups is 6. The third-order valence-electron chi connectivity index (χ3n) is 8.63. The number of cyclic esters (lactones) is 2. The average molecular weight is 960 g/mol. The van der Waals surface area contributed by atoms with E-state index in [-0.39, 0.29) is 56.2 Å². The molecule has 0 aromatic carbocycles. The maximum atomic E-state index is 11.8. The Labute approximate surface area is 383 Å². The largest absolute Gasteiger partial charge is 0.478 e. The highest BCUT2D eigenvalue weighted by Crippen LogP contribution is 2.29. The average Bonchev–Trinajstić information content (AvgIpc) is 3.38. The lowest BCUT2D eigenvalue weighted by Crippen LogP contribution is -2.52. The molecule has 0 saturated carbocycles. The van der Waals surface area contributed by atoms with Crippen molar-refractivity contribution in [2.75, 3.05) is 32.3 Å². The number of ether oxygens (including phenoxy) is 1. The van der Waals surface area contributed by atoms with E-state index in [0.717, 1.165) is 43.8 Å². The second-order valence-corrected chi connectivity index (χ2v) is 35.3. The number of rotatable bonds is 28. The van der Waals surface area contributed by atoms with E-state index in [4.69, 9.17) is 33.7 Å². The molecule has 1 rings (SSSR count). The highest BCUT2D eigenvalue weighted by Gasteiger charge is 2.38. The number of nitrogens with two attached hydrogens (primary N) is 1. The van der Waals surface area contributed by atoms with Crippen LogP contribution in [0.5, 0.6) is 0 Å². The van der Waals surface area contributed by atoms with Crippen molar-refractivity contribution in [2.24, 2.45) is 5.73 Å². The first-order chi connectivity index (χ1) is 28.1. The van der Waals surface area contributed by atoms with Crippen molar-refractivity contribution >= 4 is 77.4 Å². The molecular weight excluding hydrogens is 880 g/mol. The summed E-state index contributed by atoms with van der Waals surface area (Å²) in [7, 11) is -7.66. The van der Waals surface area contributed by atoms with Crippen LogP contribution in [0.4, 0.5) is 0 Å². The number of carboxylic acid groups (broad SMARTS) is 2. The minimum atomic E-state index is -2.12. The van der Waals surface area contributed by atoms with E-state index in [0.29, 0.717) is 25.9 Å². The van der Waals surface area contributed by atoms with Crippen molar-refractivity contribution in [1.82, 2.24) is 16.0 Å². The molecule has 2 amide bonds. The van der Waals surface area contributed by atoms with Gasteiger partial charge in [-0.2, -0.15) is 0 Å². The summed E-state index contributed by atoms with van der Waals surface area (Å²) in [5, 5.41) is 26.4. The fraction of sp³-hybridized carbons (Fsp3) is 0.707. The van der Waals surface area contributed by atoms with Crippen LogP contribution in [0.1, 0.15) is 73.1 Å². The Kier molecular flexibility index (Phi) is 30.0. The maximum absolute atomic E-state index is 11.8. The van der Waals surface area contributed by atoms with Crippen LogP contribution < -0.4 is 21.7 Å². The van der Waals surface area contributed by atoms with E-state index in [1.807, 2.05) is 27.7 Å². The van der Waals surface area contributed by atoms with Crippen molar-refractivity contribution in [3.63, 3.8) is 0 Å². The van der Waals surface area contributed by atoms with Gasteiger partial charge < -0.3 is 54.3 Å². The van der Waals surface area contributed by atoms with Crippen LogP contribution in [0.25, 0.3) is 0 Å². The molecule has 1 fully saturated rings. The summed E-state index contributed by atoms with van der Waals surface area (Å²) in [6.07, 6.45) is 3.00. The van der Waals surface area contributed by atoms with Crippen LogP contribution in [-0.2, 0) is 51.2 Å². The summed E-state index contributed by atoms with van der Waals surface area (Å²) in [6.45, 7) is 39.9. The summed E-state index contributed by atoms with van der Waals surface area (Å²) in [6, 6.07) is 2.66. The van der Waals surface area contributed by atoms with E-state index in [9.17, 15) is 28.8 Å². The Morgan fingerprint density at radius 3 is 1.32 bits per heavy atom. The number of nitrogens with one attached hydrogen (secondary N) is 3. The minimum absolute atomic E-state index is 0. The summed E-state index contributed by atoms with van der Waals surface area (Å²) < 4.78 is 29.5. The molecule has 63 heavy (non-hydrogen) atoms. The molecule has 0 aliphatic carbocycles. The molecule has 3 radical (unpaired) electrons. The van der Waals surface area contributed by atoms with Crippen molar-refractivity contribution < 1.29 is 61.4 Å². The third kappa shape index (κ3) is 34.0. The fourth-order valence-corrected chi connectivity index (χ4v) is 16.5. The topological polar surface area (TPSA) is 251 Å². The summed E-state index contributed by atoms with van der Waals surface area (Å²) in [4.78, 5) is 65.4. The number of amides is 2. The van der Waals surface area contributed by atoms with Crippen LogP contribution in [0.2, 0.25) is 70.5 Å². The Morgan fingerprint density at radius 1 is 0.698 bits per heavy atom. The smallest absolute Gasteiger partial charge is 0.341 e. The van der Waals surface area contributed by atoms with Crippen molar-refractivity contribution in [2.45, 2.75) is 155 Å². The number of esters is 2. The first-order valence-electron chi connectivity index (χ1n) is 21.1. The molecule has 17 nitrogen and oxygen atoms in total. The summed E-state index contributed by atoms with van der Waals surface area (Å²) >= 11 is 0. The first-order valence-corrected chi connectivity index (χ1v) is 33.6. The standard InChI is InChI=1S/C23H42N2O8Si2.C13H34N2O2Si2.C5H4O3.B/c1-17(21(28)29)15-19(26)24-11-9-13-34(5,6)32-23(3,4)33-35(7,8)14-10-12-25-20(27)16-18(2)22(30)31;1-8-15-12-19(6,7)17-13(2,3)16-18(4,5)11-9-10-14;1-3-2-4(6)8-5(3)7;/h1-2,9-16H2,3-8H3,(H,24,26)(H,25,27)(H,28,29)(H,30,31);15H,8-12,14H2,1-7H3;1-2H2;. The number of carboxylic acids is 2. The summed E-state index contributed by atoms with van der Waals surface area (Å²) in [5.74, 6) is -5.44. The number of hydrogen-bond donors (Lipinski definition) is 6. The molecule has 0 atom stereocenters. The molecule has 361 valence electrons. The quantitative estimate of drug-likeness (QED) is 0.0141. The van der Waals surface area contributed by atoms with E-state index in [1.54, 1.807) is 0 Å². The Bertz CT molecular complexity index is 1450. The van der Waals surface area contributed by atoms with Gasteiger partial charge in [-0.05, 0) is 131 Å². The Morgan fingerprint density at radius 2 is 1.05 bits per heavy atom.